The fourth-order valence-corrected chi connectivity index (χ4v) is 13.4. The van der Waals surface area contributed by atoms with Gasteiger partial charge in [0.1, 0.15) is 10.8 Å². The van der Waals surface area contributed by atoms with E-state index in [9.17, 15) is 0 Å². The maximum absolute atomic E-state index is 3.79. The summed E-state index contributed by atoms with van der Waals surface area (Å²) >= 11 is 40.2. The zero-order chi connectivity index (χ0) is 15.2. The first kappa shape index (κ1) is 23.3. The molecule has 0 aliphatic heterocycles. The zero-order valence-corrected chi connectivity index (χ0v) is 25.8. The van der Waals surface area contributed by atoms with Crippen LogP contribution in [0.15, 0.2) is 0 Å². The third kappa shape index (κ3) is 4.46. The minimum absolute atomic E-state index is 0.433. The smallest absolute Gasteiger partial charge is 0.0758 e. The fourth-order valence-electron chi connectivity index (χ4n) is 0.991. The number of alkyl halides is 11. The summed E-state index contributed by atoms with van der Waals surface area (Å²) in [7, 11) is 0. The van der Waals surface area contributed by atoms with E-state index in [0.717, 1.165) is 6.42 Å². The normalized spacial score (nSPS) is 16.0. The predicted octanol–water partition coefficient (Wildman–Crippen LogP) is 9.18. The van der Waals surface area contributed by atoms with Gasteiger partial charge in [0.05, 0.1) is 0 Å². The van der Waals surface area contributed by atoms with Gasteiger partial charge in [0.25, 0.3) is 0 Å². The van der Waals surface area contributed by atoms with E-state index in [-0.39, 0.29) is 0 Å². The standard InChI is InChI=1S/C7H5Br11/c1-2-3(8,9)5(11,12)4(10,6(13,14)15)7(16,17)18/h2H2,1H3. The molecular weight excluding hydrogens is 963 g/mol. The molecular formula is C7H5Br11. The van der Waals surface area contributed by atoms with Crippen LogP contribution >= 0.6 is 175 Å². The van der Waals surface area contributed by atoms with E-state index in [1.165, 1.54) is 0 Å². The highest BCUT2D eigenvalue weighted by molar-refractivity contribution is 9.42. The molecule has 0 N–H and O–H groups in total. The molecule has 0 atom stereocenters. The van der Waals surface area contributed by atoms with Gasteiger partial charge in [-0.15, -0.1) is 0 Å². The van der Waals surface area contributed by atoms with Crippen molar-refractivity contribution in [3.8, 4) is 0 Å². The lowest BCUT2D eigenvalue weighted by molar-refractivity contribution is 0.577. The molecule has 18 heavy (non-hydrogen) atoms. The van der Waals surface area contributed by atoms with E-state index < -0.39 is 15.1 Å². The Morgan fingerprint density at radius 1 is 0.611 bits per heavy atom. The second kappa shape index (κ2) is 7.67. The molecule has 0 saturated heterocycles. The molecule has 0 aromatic carbocycles. The van der Waals surface area contributed by atoms with Crippen molar-refractivity contribution in [3.63, 3.8) is 0 Å². The molecule has 0 nitrogen and oxygen atoms in total. The van der Waals surface area contributed by atoms with Crippen molar-refractivity contribution >= 4 is 175 Å². The first-order chi connectivity index (χ1) is 7.56. The minimum Gasteiger partial charge on any atom is -0.0758 e. The van der Waals surface area contributed by atoms with E-state index in [1.54, 1.807) is 0 Å². The molecule has 0 aliphatic carbocycles. The summed E-state index contributed by atoms with van der Waals surface area (Å²) in [6.45, 7) is 2.06. The van der Waals surface area contributed by atoms with Gasteiger partial charge in [0.2, 0.25) is 0 Å². The van der Waals surface area contributed by atoms with E-state index >= 15 is 0 Å². The van der Waals surface area contributed by atoms with Gasteiger partial charge in [-0.3, -0.25) is 0 Å². The van der Waals surface area contributed by atoms with E-state index in [0.29, 0.717) is 0 Å². The van der Waals surface area contributed by atoms with Crippen molar-refractivity contribution in [2.24, 2.45) is 0 Å². The van der Waals surface area contributed by atoms with Gasteiger partial charge in [-0.2, -0.15) is 0 Å². The van der Waals surface area contributed by atoms with E-state index in [2.05, 4.69) is 182 Å². The van der Waals surface area contributed by atoms with Crippen LogP contribution in [-0.4, -0.2) is 15.1 Å². The number of rotatable bonds is 3. The van der Waals surface area contributed by atoms with Crippen LogP contribution in [-0.2, 0) is 0 Å². The van der Waals surface area contributed by atoms with Gasteiger partial charge in [-0.25, -0.2) is 0 Å². The molecule has 0 aliphatic rings. The van der Waals surface area contributed by atoms with Crippen LogP contribution in [0, 0.1) is 0 Å². The van der Waals surface area contributed by atoms with E-state index in [4.69, 9.17) is 0 Å². The molecule has 0 rings (SSSR count). The summed E-state index contributed by atoms with van der Waals surface area (Å²) in [6.07, 6.45) is 0.809. The molecule has 0 aromatic rings. The average Bonchev–Trinajstić information content (AvgIpc) is 2.12. The summed E-state index contributed by atoms with van der Waals surface area (Å²) in [5, 5.41) is 0. The zero-order valence-electron chi connectivity index (χ0n) is 8.36. The third-order valence-corrected chi connectivity index (χ3v) is 18.7. The molecule has 0 spiro atoms. The Bertz CT molecular complexity index is 281. The highest BCUT2D eigenvalue weighted by atomic mass is 80.0. The lowest BCUT2D eigenvalue weighted by atomic mass is 10.1. The summed E-state index contributed by atoms with van der Waals surface area (Å²) in [6, 6.07) is 0. The summed E-state index contributed by atoms with van der Waals surface area (Å²) in [5.41, 5.74) is 0. The molecule has 0 saturated carbocycles. The predicted molar refractivity (Wildman–Crippen MR) is 122 cm³/mol. The van der Waals surface area contributed by atoms with Crippen LogP contribution in [0.25, 0.3) is 0 Å². The topological polar surface area (TPSA) is 0 Å². The van der Waals surface area contributed by atoms with Crippen molar-refractivity contribution in [2.75, 3.05) is 0 Å². The molecule has 0 amide bonds. The highest BCUT2D eigenvalue weighted by Gasteiger charge is 2.71. The second-order valence-electron chi connectivity index (χ2n) is 3.29. The monoisotopic (exact) mass is 957 g/mol. The Kier molecular flexibility index (Phi) is 9.91. The van der Waals surface area contributed by atoms with Gasteiger partial charge >= 0.3 is 0 Å². The van der Waals surface area contributed by atoms with Gasteiger partial charge in [-0.05, 0) is 6.42 Å². The molecule has 110 valence electrons. The van der Waals surface area contributed by atoms with Crippen LogP contribution < -0.4 is 0 Å². The van der Waals surface area contributed by atoms with Crippen LogP contribution in [0.5, 0.6) is 0 Å². The van der Waals surface area contributed by atoms with Crippen LogP contribution in [0.1, 0.15) is 13.3 Å². The third-order valence-electron chi connectivity index (χ3n) is 2.12. The SMILES string of the molecule is CCC(Br)(Br)C(Br)(Br)C(Br)(C(Br)(Br)Br)C(Br)(Br)Br. The number of halogens is 11. The molecule has 0 fully saturated rings. The molecule has 0 unspecified atom stereocenters. The van der Waals surface area contributed by atoms with Crippen molar-refractivity contribution in [3.05, 3.63) is 0 Å². The summed E-state index contributed by atoms with van der Waals surface area (Å²) in [4.78, 5) is 0. The van der Waals surface area contributed by atoms with Crippen LogP contribution in [0.2, 0.25) is 0 Å². The lowest BCUT2D eigenvalue weighted by Crippen LogP contribution is -2.63. The Morgan fingerprint density at radius 2 is 0.889 bits per heavy atom. The fraction of sp³-hybridized carbons (Fsp3) is 1.00. The van der Waals surface area contributed by atoms with Gasteiger partial charge < -0.3 is 0 Å². The van der Waals surface area contributed by atoms with Gasteiger partial charge in [0, 0.05) is 0 Å². The first-order valence-corrected chi connectivity index (χ1v) is 12.9. The summed E-state index contributed by atoms with van der Waals surface area (Å²) < 4.78 is -3.08. The van der Waals surface area contributed by atoms with Crippen molar-refractivity contribution < 1.29 is 0 Å². The molecule has 0 bridgehead atoms. The maximum atomic E-state index is 3.79. The molecule has 11 heteroatoms. The Hall–Kier alpha value is 5.28. The van der Waals surface area contributed by atoms with Crippen molar-refractivity contribution in [1.82, 2.24) is 0 Å². The minimum atomic E-state index is -0.691. The Balaban J connectivity index is 6.10. The molecule has 0 heterocycles. The molecule has 0 aromatic heterocycles. The Labute approximate surface area is 199 Å². The number of hydrogen-bond donors (Lipinski definition) is 0. The Morgan fingerprint density at radius 3 is 1.06 bits per heavy atom. The van der Waals surface area contributed by atoms with Crippen molar-refractivity contribution in [1.29, 1.82) is 0 Å². The van der Waals surface area contributed by atoms with E-state index in [1.807, 2.05) is 0 Å². The van der Waals surface area contributed by atoms with Crippen molar-refractivity contribution in [2.45, 2.75) is 28.4 Å². The van der Waals surface area contributed by atoms with Crippen LogP contribution in [0.3, 0.4) is 0 Å². The summed E-state index contributed by atoms with van der Waals surface area (Å²) in [5.74, 6) is 0. The average molecular weight is 968 g/mol. The largest absolute Gasteiger partial charge is 0.155 e. The van der Waals surface area contributed by atoms with Gasteiger partial charge in [0.15, 0.2) is 4.29 Å². The first-order valence-electron chi connectivity index (χ1n) is 4.14. The van der Waals surface area contributed by atoms with Crippen LogP contribution in [0.4, 0.5) is 0 Å². The number of hydrogen-bond acceptors (Lipinski definition) is 0. The van der Waals surface area contributed by atoms with Gasteiger partial charge in [-0.1, -0.05) is 182 Å². The highest BCUT2D eigenvalue weighted by Crippen LogP contribution is 2.73. The maximum Gasteiger partial charge on any atom is 0.155 e. The second-order valence-corrected chi connectivity index (χ2v) is 25.2. The lowest BCUT2D eigenvalue weighted by Gasteiger charge is -2.53. The molecule has 0 radical (unpaired) electrons. The quantitative estimate of drug-likeness (QED) is 0.248.